The van der Waals surface area contributed by atoms with Gasteiger partial charge >= 0.3 is 0 Å². The van der Waals surface area contributed by atoms with Crippen molar-refractivity contribution in [1.82, 2.24) is 4.98 Å². The molecule has 0 aliphatic rings. The number of amides is 1. The normalized spacial score (nSPS) is 10.3. The van der Waals surface area contributed by atoms with Crippen molar-refractivity contribution >= 4 is 23.1 Å². The minimum atomic E-state index is -0.213. The molecule has 26 heavy (non-hydrogen) atoms. The molecule has 1 heterocycles. The first kappa shape index (κ1) is 17.5. The van der Waals surface area contributed by atoms with Gasteiger partial charge in [-0.25, -0.2) is 4.98 Å². The van der Waals surface area contributed by atoms with Crippen LogP contribution in [0.4, 0.5) is 17.2 Å². The second kappa shape index (κ2) is 7.70. The van der Waals surface area contributed by atoms with Crippen molar-refractivity contribution in [3.63, 3.8) is 0 Å². The Morgan fingerprint density at radius 1 is 1.00 bits per heavy atom. The number of methoxy groups -OCH3 is 1. The van der Waals surface area contributed by atoms with Crippen LogP contribution in [0.2, 0.25) is 0 Å². The van der Waals surface area contributed by atoms with Crippen molar-refractivity contribution in [2.24, 2.45) is 0 Å². The van der Waals surface area contributed by atoms with Crippen LogP contribution >= 0.6 is 0 Å². The summed E-state index contributed by atoms with van der Waals surface area (Å²) in [6, 6.07) is 16.7. The van der Waals surface area contributed by atoms with Gasteiger partial charge in [-0.1, -0.05) is 12.1 Å². The summed E-state index contributed by atoms with van der Waals surface area (Å²) in [4.78, 5) is 16.6. The minimum Gasteiger partial charge on any atom is -0.497 e. The van der Waals surface area contributed by atoms with E-state index in [1.54, 1.807) is 43.6 Å². The van der Waals surface area contributed by atoms with E-state index in [1.807, 2.05) is 18.2 Å². The topological polar surface area (TPSA) is 63.2 Å². The average Bonchev–Trinajstić information content (AvgIpc) is 2.67. The molecule has 1 amide bonds. The van der Waals surface area contributed by atoms with E-state index in [1.165, 1.54) is 11.1 Å². The van der Waals surface area contributed by atoms with Gasteiger partial charge in [0, 0.05) is 11.3 Å². The molecule has 0 aliphatic heterocycles. The van der Waals surface area contributed by atoms with Crippen LogP contribution in [0.1, 0.15) is 21.5 Å². The quantitative estimate of drug-likeness (QED) is 0.702. The molecule has 0 saturated carbocycles. The van der Waals surface area contributed by atoms with Crippen molar-refractivity contribution in [2.75, 3.05) is 17.7 Å². The van der Waals surface area contributed by atoms with Gasteiger partial charge in [0.1, 0.15) is 11.6 Å². The maximum atomic E-state index is 12.3. The third kappa shape index (κ3) is 4.00. The van der Waals surface area contributed by atoms with E-state index < -0.39 is 0 Å². The molecule has 0 unspecified atom stereocenters. The molecule has 0 atom stereocenters. The lowest BCUT2D eigenvalue weighted by Crippen LogP contribution is -2.12. The van der Waals surface area contributed by atoms with Gasteiger partial charge in [-0.2, -0.15) is 0 Å². The molecule has 1 aromatic heterocycles. The van der Waals surface area contributed by atoms with Gasteiger partial charge in [0.25, 0.3) is 5.91 Å². The van der Waals surface area contributed by atoms with Crippen LogP contribution < -0.4 is 15.4 Å². The number of anilines is 3. The second-order valence-corrected chi connectivity index (χ2v) is 5.99. The van der Waals surface area contributed by atoms with Gasteiger partial charge in [-0.05, 0) is 67.4 Å². The number of ether oxygens (including phenoxy) is 1. The summed E-state index contributed by atoms with van der Waals surface area (Å²) in [5, 5.41) is 6.14. The van der Waals surface area contributed by atoms with Gasteiger partial charge < -0.3 is 15.4 Å². The molecule has 3 rings (SSSR count). The molecule has 0 spiro atoms. The summed E-state index contributed by atoms with van der Waals surface area (Å²) >= 11 is 0. The number of aromatic nitrogens is 1. The number of pyridine rings is 1. The molecular weight excluding hydrogens is 326 g/mol. The highest BCUT2D eigenvalue weighted by atomic mass is 16.5. The first-order valence-corrected chi connectivity index (χ1v) is 8.31. The summed E-state index contributed by atoms with van der Waals surface area (Å²) in [5.41, 5.74) is 4.88. The van der Waals surface area contributed by atoms with Gasteiger partial charge in [-0.3, -0.25) is 4.79 Å². The first-order valence-electron chi connectivity index (χ1n) is 8.31. The Morgan fingerprint density at radius 2 is 1.77 bits per heavy atom. The van der Waals surface area contributed by atoms with Crippen molar-refractivity contribution in [3.05, 3.63) is 77.5 Å². The molecule has 0 aliphatic carbocycles. The van der Waals surface area contributed by atoms with Crippen molar-refractivity contribution in [1.29, 1.82) is 0 Å². The van der Waals surface area contributed by atoms with Crippen LogP contribution in [0.5, 0.6) is 5.75 Å². The minimum absolute atomic E-state index is 0.213. The van der Waals surface area contributed by atoms with Crippen LogP contribution in [-0.4, -0.2) is 18.0 Å². The summed E-state index contributed by atoms with van der Waals surface area (Å²) in [6.07, 6.45) is 1.70. The molecule has 2 aromatic carbocycles. The fourth-order valence-corrected chi connectivity index (χ4v) is 2.51. The Labute approximate surface area is 153 Å². The van der Waals surface area contributed by atoms with Gasteiger partial charge in [0.05, 0.1) is 19.0 Å². The second-order valence-electron chi connectivity index (χ2n) is 5.99. The zero-order chi connectivity index (χ0) is 18.5. The molecule has 132 valence electrons. The van der Waals surface area contributed by atoms with E-state index in [0.29, 0.717) is 17.1 Å². The third-order valence-electron chi connectivity index (χ3n) is 4.24. The zero-order valence-electron chi connectivity index (χ0n) is 15.0. The van der Waals surface area contributed by atoms with E-state index in [-0.39, 0.29) is 5.91 Å². The Bertz CT molecular complexity index is 904. The Morgan fingerprint density at radius 3 is 2.42 bits per heavy atom. The predicted octanol–water partition coefficient (Wildman–Crippen LogP) is 4.70. The summed E-state index contributed by atoms with van der Waals surface area (Å²) in [5.74, 6) is 0.995. The fourth-order valence-electron chi connectivity index (χ4n) is 2.51. The fraction of sp³-hybridized carbons (Fsp3) is 0.143. The Balaban J connectivity index is 1.67. The van der Waals surface area contributed by atoms with E-state index in [0.717, 1.165) is 11.4 Å². The highest BCUT2D eigenvalue weighted by Crippen LogP contribution is 2.23. The van der Waals surface area contributed by atoms with Crippen molar-refractivity contribution in [2.45, 2.75) is 13.8 Å². The van der Waals surface area contributed by atoms with Crippen LogP contribution in [-0.2, 0) is 0 Å². The standard InChI is InChI=1S/C21H21N3O2/c1-14-5-4-6-19(15(14)2)23-17-9-12-20(22-13-17)24-21(25)16-7-10-18(26-3)11-8-16/h4-13,23H,1-3H3,(H,22,24,25). The molecular formula is C21H21N3O2. The average molecular weight is 347 g/mol. The lowest BCUT2D eigenvalue weighted by Gasteiger charge is -2.12. The van der Waals surface area contributed by atoms with E-state index in [9.17, 15) is 4.79 Å². The highest BCUT2D eigenvalue weighted by molar-refractivity contribution is 6.03. The smallest absolute Gasteiger partial charge is 0.256 e. The number of carbonyl (C=O) groups excluding carboxylic acids is 1. The van der Waals surface area contributed by atoms with Crippen LogP contribution in [0, 0.1) is 13.8 Å². The number of hydrogen-bond donors (Lipinski definition) is 2. The number of nitrogens with one attached hydrogen (secondary N) is 2. The number of benzene rings is 2. The number of hydrogen-bond acceptors (Lipinski definition) is 4. The summed E-state index contributed by atoms with van der Waals surface area (Å²) in [6.45, 7) is 4.16. The molecule has 0 radical (unpaired) electrons. The van der Waals surface area contributed by atoms with Crippen LogP contribution in [0.3, 0.4) is 0 Å². The SMILES string of the molecule is COc1ccc(C(=O)Nc2ccc(Nc3cccc(C)c3C)cn2)cc1. The molecule has 3 aromatic rings. The molecule has 0 bridgehead atoms. The number of carbonyl (C=O) groups is 1. The molecule has 5 heteroatoms. The van der Waals surface area contributed by atoms with Gasteiger partial charge in [-0.15, -0.1) is 0 Å². The number of nitrogens with zero attached hydrogens (tertiary/aromatic N) is 1. The van der Waals surface area contributed by atoms with Gasteiger partial charge in [0.2, 0.25) is 0 Å². The van der Waals surface area contributed by atoms with Gasteiger partial charge in [0.15, 0.2) is 0 Å². The van der Waals surface area contributed by atoms with Crippen molar-refractivity contribution in [3.8, 4) is 5.75 Å². The maximum absolute atomic E-state index is 12.3. The summed E-state index contributed by atoms with van der Waals surface area (Å²) in [7, 11) is 1.59. The Hall–Kier alpha value is -3.34. The lowest BCUT2D eigenvalue weighted by atomic mass is 10.1. The molecule has 2 N–H and O–H groups in total. The summed E-state index contributed by atoms with van der Waals surface area (Å²) < 4.78 is 5.09. The van der Waals surface area contributed by atoms with Crippen LogP contribution in [0.15, 0.2) is 60.8 Å². The van der Waals surface area contributed by atoms with Crippen molar-refractivity contribution < 1.29 is 9.53 Å². The molecule has 5 nitrogen and oxygen atoms in total. The predicted molar refractivity (Wildman–Crippen MR) is 104 cm³/mol. The Kier molecular flexibility index (Phi) is 5.17. The number of aryl methyl sites for hydroxylation is 1. The van der Waals surface area contributed by atoms with E-state index in [2.05, 4.69) is 35.5 Å². The van der Waals surface area contributed by atoms with Crippen LogP contribution in [0.25, 0.3) is 0 Å². The maximum Gasteiger partial charge on any atom is 0.256 e. The largest absolute Gasteiger partial charge is 0.497 e. The first-order chi connectivity index (χ1) is 12.6. The monoisotopic (exact) mass is 347 g/mol. The van der Waals surface area contributed by atoms with E-state index in [4.69, 9.17) is 4.74 Å². The highest BCUT2D eigenvalue weighted by Gasteiger charge is 2.07. The third-order valence-corrected chi connectivity index (χ3v) is 4.24. The zero-order valence-corrected chi connectivity index (χ0v) is 15.0. The molecule has 0 saturated heterocycles. The molecule has 0 fully saturated rings. The van der Waals surface area contributed by atoms with E-state index >= 15 is 0 Å². The lowest BCUT2D eigenvalue weighted by molar-refractivity contribution is 0.102. The number of rotatable bonds is 5.